The number of rotatable bonds is 2. The quantitative estimate of drug-likeness (QED) is 0.804. The fourth-order valence-corrected chi connectivity index (χ4v) is 1.22. The number of halogens is 6. The molecule has 1 rings (SSSR count). The lowest BCUT2D eigenvalue weighted by Crippen LogP contribution is -2.22. The predicted molar refractivity (Wildman–Crippen MR) is 47.0 cm³/mol. The van der Waals surface area contributed by atoms with E-state index in [9.17, 15) is 26.3 Å². The second-order valence-corrected chi connectivity index (χ2v) is 3.60. The molecule has 1 N–H and O–H groups in total. The number of hydrogen-bond acceptors (Lipinski definition) is 1. The van der Waals surface area contributed by atoms with Gasteiger partial charge in [-0.2, -0.15) is 13.2 Å². The van der Waals surface area contributed by atoms with Gasteiger partial charge in [0.25, 0.3) is 5.92 Å². The molecule has 0 aliphatic rings. The summed E-state index contributed by atoms with van der Waals surface area (Å²) in [6, 6.07) is 1.19. The number of hydrogen-bond donors (Lipinski definition) is 1. The first-order valence-corrected chi connectivity index (χ1v) is 4.46. The van der Waals surface area contributed by atoms with E-state index in [1.807, 2.05) is 0 Å². The summed E-state index contributed by atoms with van der Waals surface area (Å²) in [5.41, 5.74) is -2.17. The van der Waals surface area contributed by atoms with Gasteiger partial charge in [-0.25, -0.2) is 13.2 Å². The summed E-state index contributed by atoms with van der Waals surface area (Å²) in [6.45, 7) is 0.382. The lowest BCUT2D eigenvalue weighted by Gasteiger charge is -2.19. The highest BCUT2D eigenvalue weighted by Gasteiger charge is 2.37. The first kappa shape index (κ1) is 13.8. The fourth-order valence-electron chi connectivity index (χ4n) is 1.22. The zero-order chi connectivity index (χ0) is 13.4. The summed E-state index contributed by atoms with van der Waals surface area (Å²) in [4.78, 5) is 0. The van der Waals surface area contributed by atoms with Crippen LogP contribution in [0.4, 0.5) is 26.3 Å². The molecule has 7 heteroatoms. The van der Waals surface area contributed by atoms with Crippen molar-refractivity contribution in [2.75, 3.05) is 0 Å². The third kappa shape index (κ3) is 3.12. The van der Waals surface area contributed by atoms with Crippen molar-refractivity contribution in [3.8, 4) is 0 Å². The number of benzene rings is 1. The molecule has 0 aliphatic carbocycles. The predicted octanol–water partition coefficient (Wildman–Crippen LogP) is 3.53. The van der Waals surface area contributed by atoms with Gasteiger partial charge >= 0.3 is 6.18 Å². The molecule has 96 valence electrons. The Morgan fingerprint density at radius 2 is 1.65 bits per heavy atom. The fraction of sp³-hybridized carbons (Fsp3) is 0.400. The molecule has 1 unspecified atom stereocenters. The SMILES string of the molecule is CC(F)(F)C(O)c1ccc(C(F)(F)F)c(F)c1. The zero-order valence-corrected chi connectivity index (χ0v) is 8.52. The average Bonchev–Trinajstić information content (AvgIpc) is 2.12. The van der Waals surface area contributed by atoms with Crippen molar-refractivity contribution in [1.82, 2.24) is 0 Å². The summed E-state index contributed by atoms with van der Waals surface area (Å²) >= 11 is 0. The standard InChI is InChI=1S/C10H8F6O/c1-9(12,13)8(17)5-2-3-6(7(11)4-5)10(14,15)16/h2-4,8,17H,1H3. The maximum absolute atomic E-state index is 13.0. The Balaban J connectivity index is 3.14. The normalized spacial score (nSPS) is 14.8. The van der Waals surface area contributed by atoms with Crippen LogP contribution in [0.2, 0.25) is 0 Å². The van der Waals surface area contributed by atoms with Gasteiger partial charge in [0.1, 0.15) is 11.9 Å². The Kier molecular flexibility index (Phi) is 3.42. The molecule has 0 saturated carbocycles. The smallest absolute Gasteiger partial charge is 0.382 e. The van der Waals surface area contributed by atoms with Crippen LogP contribution in [0.25, 0.3) is 0 Å². The van der Waals surface area contributed by atoms with E-state index in [0.717, 1.165) is 0 Å². The molecule has 0 aromatic heterocycles. The summed E-state index contributed by atoms with van der Waals surface area (Å²) in [7, 11) is 0. The third-order valence-electron chi connectivity index (χ3n) is 2.09. The lowest BCUT2D eigenvalue weighted by atomic mass is 10.0. The minimum absolute atomic E-state index is 0.255. The molecule has 17 heavy (non-hydrogen) atoms. The lowest BCUT2D eigenvalue weighted by molar-refractivity contribution is -0.140. The van der Waals surface area contributed by atoms with E-state index >= 15 is 0 Å². The zero-order valence-electron chi connectivity index (χ0n) is 8.52. The highest BCUT2D eigenvalue weighted by Crippen LogP contribution is 2.35. The molecule has 0 radical (unpaired) electrons. The minimum atomic E-state index is -4.90. The maximum Gasteiger partial charge on any atom is 0.419 e. The molecule has 1 aromatic rings. The van der Waals surface area contributed by atoms with Crippen LogP contribution in [-0.4, -0.2) is 11.0 Å². The van der Waals surface area contributed by atoms with Crippen molar-refractivity contribution < 1.29 is 31.4 Å². The topological polar surface area (TPSA) is 20.2 Å². The highest BCUT2D eigenvalue weighted by molar-refractivity contribution is 5.28. The molecule has 0 spiro atoms. The van der Waals surface area contributed by atoms with Crippen LogP contribution in [0.1, 0.15) is 24.2 Å². The van der Waals surface area contributed by atoms with Gasteiger partial charge in [-0.3, -0.25) is 0 Å². The van der Waals surface area contributed by atoms with E-state index in [2.05, 4.69) is 0 Å². The number of aliphatic hydroxyl groups excluding tert-OH is 1. The Bertz CT molecular complexity index is 406. The Labute approximate surface area is 92.7 Å². The van der Waals surface area contributed by atoms with E-state index in [-0.39, 0.29) is 6.07 Å². The van der Waals surface area contributed by atoms with E-state index in [1.165, 1.54) is 0 Å². The summed E-state index contributed by atoms with van der Waals surface area (Å²) in [5, 5.41) is 9.08. The van der Waals surface area contributed by atoms with Crippen molar-refractivity contribution >= 4 is 0 Å². The maximum atomic E-state index is 13.0. The van der Waals surface area contributed by atoms with Gasteiger partial charge in [0.05, 0.1) is 5.56 Å². The summed E-state index contributed by atoms with van der Waals surface area (Å²) < 4.78 is 74.9. The van der Waals surface area contributed by atoms with Crippen molar-refractivity contribution in [3.05, 3.63) is 35.1 Å². The second-order valence-electron chi connectivity index (χ2n) is 3.60. The highest BCUT2D eigenvalue weighted by atomic mass is 19.4. The Hall–Kier alpha value is -1.24. The second kappa shape index (κ2) is 4.21. The monoisotopic (exact) mass is 258 g/mol. The van der Waals surface area contributed by atoms with Crippen LogP contribution in [0.15, 0.2) is 18.2 Å². The molecule has 0 fully saturated rings. The van der Waals surface area contributed by atoms with Crippen LogP contribution < -0.4 is 0 Å². The van der Waals surface area contributed by atoms with Crippen LogP contribution in [0.5, 0.6) is 0 Å². The van der Waals surface area contributed by atoms with Gasteiger partial charge in [-0.05, 0) is 17.7 Å². The summed E-state index contributed by atoms with van der Waals surface area (Å²) in [6.07, 6.45) is -7.25. The minimum Gasteiger partial charge on any atom is -0.382 e. The largest absolute Gasteiger partial charge is 0.419 e. The number of aliphatic hydroxyl groups is 1. The van der Waals surface area contributed by atoms with Gasteiger partial charge in [-0.15, -0.1) is 0 Å². The van der Waals surface area contributed by atoms with Crippen molar-refractivity contribution in [3.63, 3.8) is 0 Å². The Morgan fingerprint density at radius 3 is 2.00 bits per heavy atom. The van der Waals surface area contributed by atoms with E-state index < -0.39 is 35.1 Å². The molecule has 1 atom stereocenters. The van der Waals surface area contributed by atoms with Gasteiger partial charge in [0.2, 0.25) is 0 Å². The molecule has 0 heterocycles. The van der Waals surface area contributed by atoms with E-state index in [1.54, 1.807) is 0 Å². The third-order valence-corrected chi connectivity index (χ3v) is 2.09. The number of alkyl halides is 5. The molecule has 1 aromatic carbocycles. The molecule has 1 nitrogen and oxygen atoms in total. The first-order chi connectivity index (χ1) is 7.53. The van der Waals surface area contributed by atoms with Crippen LogP contribution >= 0.6 is 0 Å². The first-order valence-electron chi connectivity index (χ1n) is 4.46. The van der Waals surface area contributed by atoms with Crippen molar-refractivity contribution in [1.29, 1.82) is 0 Å². The molecule has 0 bridgehead atoms. The van der Waals surface area contributed by atoms with Gasteiger partial charge in [0, 0.05) is 6.92 Å². The molecular weight excluding hydrogens is 250 g/mol. The van der Waals surface area contributed by atoms with Crippen molar-refractivity contribution in [2.24, 2.45) is 0 Å². The van der Waals surface area contributed by atoms with E-state index in [0.29, 0.717) is 19.1 Å². The van der Waals surface area contributed by atoms with Gasteiger partial charge < -0.3 is 5.11 Å². The van der Waals surface area contributed by atoms with Crippen LogP contribution in [-0.2, 0) is 6.18 Å². The van der Waals surface area contributed by atoms with Crippen LogP contribution in [0.3, 0.4) is 0 Å². The van der Waals surface area contributed by atoms with Crippen LogP contribution in [0, 0.1) is 5.82 Å². The summed E-state index contributed by atoms with van der Waals surface area (Å²) in [5.74, 6) is -5.26. The molecule has 0 amide bonds. The average molecular weight is 258 g/mol. The van der Waals surface area contributed by atoms with Gasteiger partial charge in [-0.1, -0.05) is 6.07 Å². The van der Waals surface area contributed by atoms with E-state index in [4.69, 9.17) is 5.11 Å². The Morgan fingerprint density at radius 1 is 1.12 bits per heavy atom. The molecule has 0 aliphatic heterocycles. The molecular formula is C10H8F6O. The van der Waals surface area contributed by atoms with Crippen molar-refractivity contribution in [2.45, 2.75) is 25.1 Å². The molecule has 0 saturated heterocycles. The van der Waals surface area contributed by atoms with Gasteiger partial charge in [0.15, 0.2) is 0 Å².